The van der Waals surface area contributed by atoms with E-state index in [1.54, 1.807) is 13.8 Å². The molecule has 2 unspecified atom stereocenters. The van der Waals surface area contributed by atoms with Crippen LogP contribution in [0.3, 0.4) is 0 Å². The van der Waals surface area contributed by atoms with E-state index in [9.17, 15) is 17.2 Å². The molecule has 2 aromatic rings. The number of nitrogens with one attached hydrogen (secondary N) is 1. The van der Waals surface area contributed by atoms with Crippen molar-refractivity contribution in [1.29, 1.82) is 0 Å². The summed E-state index contributed by atoms with van der Waals surface area (Å²) in [4.78, 5) is -0.0588. The number of benzene rings is 1. The molecule has 5 nitrogen and oxygen atoms in total. The summed E-state index contributed by atoms with van der Waals surface area (Å²) in [6.45, 7) is 3.32. The molecule has 1 aromatic carbocycles. The Morgan fingerprint density at radius 3 is 2.44 bits per heavy atom. The zero-order valence-electron chi connectivity index (χ0n) is 13.7. The Labute approximate surface area is 150 Å². The van der Waals surface area contributed by atoms with E-state index >= 15 is 0 Å². The van der Waals surface area contributed by atoms with Crippen molar-refractivity contribution in [2.75, 3.05) is 0 Å². The Morgan fingerprint density at radius 1 is 1.24 bits per heavy atom. The number of fused-ring (bicyclic) bond motifs is 1. The van der Waals surface area contributed by atoms with Crippen LogP contribution >= 0.6 is 11.6 Å². The number of halogens is 3. The Bertz CT molecular complexity index is 868. The first-order chi connectivity index (χ1) is 11.7. The third-order valence-electron chi connectivity index (χ3n) is 4.56. The number of hydrogen-bond donors (Lipinski definition) is 1. The molecule has 0 saturated heterocycles. The van der Waals surface area contributed by atoms with Crippen LogP contribution in [-0.4, -0.2) is 29.0 Å². The fourth-order valence-electron chi connectivity index (χ4n) is 3.40. The van der Waals surface area contributed by atoms with Crippen LogP contribution in [0.5, 0.6) is 0 Å². The maximum absolute atomic E-state index is 15.0. The average molecular weight is 390 g/mol. The van der Waals surface area contributed by atoms with Gasteiger partial charge in [0.2, 0.25) is 10.0 Å². The molecule has 25 heavy (non-hydrogen) atoms. The van der Waals surface area contributed by atoms with Gasteiger partial charge in [0, 0.05) is 10.6 Å². The van der Waals surface area contributed by atoms with Gasteiger partial charge in [-0.2, -0.15) is 18.2 Å². The molecule has 0 fully saturated rings. The molecule has 0 aliphatic carbocycles. The van der Waals surface area contributed by atoms with Gasteiger partial charge in [-0.3, -0.25) is 5.10 Å². The first kappa shape index (κ1) is 18.3. The minimum atomic E-state index is -4.14. The van der Waals surface area contributed by atoms with Gasteiger partial charge in [-0.05, 0) is 37.1 Å². The predicted molar refractivity (Wildman–Crippen MR) is 90.1 cm³/mol. The molecule has 0 spiro atoms. The number of hydrogen-bond acceptors (Lipinski definition) is 3. The zero-order chi connectivity index (χ0) is 18.4. The lowest BCUT2D eigenvalue weighted by Gasteiger charge is -2.43. The summed E-state index contributed by atoms with van der Waals surface area (Å²) in [5, 5.41) is 6.45. The average Bonchev–Trinajstić information content (AvgIpc) is 3.05. The van der Waals surface area contributed by atoms with Crippen molar-refractivity contribution in [2.45, 2.75) is 49.6 Å². The van der Waals surface area contributed by atoms with Crippen molar-refractivity contribution < 1.29 is 17.2 Å². The van der Waals surface area contributed by atoms with Gasteiger partial charge in [0.1, 0.15) is 5.69 Å². The largest absolute Gasteiger partial charge is 0.305 e. The number of aromatic amines is 1. The van der Waals surface area contributed by atoms with E-state index in [0.29, 0.717) is 11.4 Å². The second kappa shape index (κ2) is 6.34. The highest BCUT2D eigenvalue weighted by Gasteiger charge is 2.56. The molecular formula is C16H18ClF2N3O2S. The van der Waals surface area contributed by atoms with Crippen molar-refractivity contribution in [1.82, 2.24) is 14.5 Å². The van der Waals surface area contributed by atoms with Crippen LogP contribution < -0.4 is 0 Å². The minimum Gasteiger partial charge on any atom is -0.276 e. The van der Waals surface area contributed by atoms with Gasteiger partial charge in [0.05, 0.1) is 23.2 Å². The normalized spacial score (nSPS) is 23.4. The smallest absolute Gasteiger partial charge is 0.276 e. The van der Waals surface area contributed by atoms with Crippen molar-refractivity contribution >= 4 is 21.6 Å². The van der Waals surface area contributed by atoms with Crippen molar-refractivity contribution in [2.24, 2.45) is 0 Å². The fourth-order valence-corrected chi connectivity index (χ4v) is 5.46. The quantitative estimate of drug-likeness (QED) is 0.856. The molecule has 2 atom stereocenters. The number of aromatic nitrogens is 2. The van der Waals surface area contributed by atoms with E-state index in [-0.39, 0.29) is 22.6 Å². The fraction of sp³-hybridized carbons (Fsp3) is 0.438. The van der Waals surface area contributed by atoms with E-state index in [2.05, 4.69) is 10.2 Å². The molecule has 9 heteroatoms. The molecule has 136 valence electrons. The van der Waals surface area contributed by atoms with Crippen LogP contribution in [0.25, 0.3) is 0 Å². The highest BCUT2D eigenvalue weighted by atomic mass is 35.5. The standard InChI is InChI=1S/C16H18ClF2N3O2S/c1-3-13-12-9-20-21-15(12)16(18,19)14(4-2)22(13)25(23,24)11-7-5-10(17)6-8-11/h5-9,13-14H,3-4H2,1-2H3,(H,20,21). The van der Waals surface area contributed by atoms with Gasteiger partial charge in [-0.25, -0.2) is 8.42 Å². The molecule has 3 rings (SSSR count). The van der Waals surface area contributed by atoms with Crippen LogP contribution in [0.15, 0.2) is 35.4 Å². The molecule has 0 saturated carbocycles. The van der Waals surface area contributed by atoms with Crippen molar-refractivity contribution in [3.8, 4) is 0 Å². The summed E-state index contributed by atoms with van der Waals surface area (Å²) in [7, 11) is -4.14. The van der Waals surface area contributed by atoms with E-state index in [1.807, 2.05) is 0 Å². The first-order valence-corrected chi connectivity index (χ1v) is 9.77. The lowest BCUT2D eigenvalue weighted by Crippen LogP contribution is -2.54. The van der Waals surface area contributed by atoms with Gasteiger partial charge in [-0.15, -0.1) is 0 Å². The predicted octanol–water partition coefficient (Wildman–Crippen LogP) is 4.09. The van der Waals surface area contributed by atoms with E-state index in [1.165, 1.54) is 30.5 Å². The zero-order valence-corrected chi connectivity index (χ0v) is 15.3. The Morgan fingerprint density at radius 2 is 1.88 bits per heavy atom. The van der Waals surface area contributed by atoms with Gasteiger partial charge < -0.3 is 0 Å². The lowest BCUT2D eigenvalue weighted by molar-refractivity contribution is -0.0932. The van der Waals surface area contributed by atoms with Crippen LogP contribution in [0.1, 0.15) is 44.0 Å². The number of H-pyrrole nitrogens is 1. The molecule has 1 N–H and O–H groups in total. The number of rotatable bonds is 4. The summed E-state index contributed by atoms with van der Waals surface area (Å²) in [5.41, 5.74) is -0.0801. The second-order valence-electron chi connectivity index (χ2n) is 5.96. The highest BCUT2D eigenvalue weighted by molar-refractivity contribution is 7.89. The molecule has 0 bridgehead atoms. The molecular weight excluding hydrogens is 372 g/mol. The van der Waals surface area contributed by atoms with Crippen LogP contribution in [0.2, 0.25) is 5.02 Å². The summed E-state index contributed by atoms with van der Waals surface area (Å²) in [6, 6.07) is 3.33. The monoisotopic (exact) mass is 389 g/mol. The van der Waals surface area contributed by atoms with Gasteiger partial charge in [0.15, 0.2) is 0 Å². The van der Waals surface area contributed by atoms with Crippen LogP contribution in [0.4, 0.5) is 8.78 Å². The van der Waals surface area contributed by atoms with Gasteiger partial charge >= 0.3 is 5.92 Å². The Kier molecular flexibility index (Phi) is 4.63. The summed E-state index contributed by atoms with van der Waals surface area (Å²) >= 11 is 5.82. The van der Waals surface area contributed by atoms with E-state index in [4.69, 9.17) is 11.6 Å². The molecule has 2 heterocycles. The summed E-state index contributed by atoms with van der Waals surface area (Å²) < 4.78 is 57.2. The van der Waals surface area contributed by atoms with Crippen molar-refractivity contribution in [3.05, 3.63) is 46.7 Å². The third kappa shape index (κ3) is 2.76. The maximum atomic E-state index is 15.0. The number of nitrogens with zero attached hydrogens (tertiary/aromatic N) is 2. The van der Waals surface area contributed by atoms with Gasteiger partial charge in [0.25, 0.3) is 0 Å². The van der Waals surface area contributed by atoms with Crippen LogP contribution in [-0.2, 0) is 15.9 Å². The number of sulfonamides is 1. The first-order valence-electron chi connectivity index (χ1n) is 7.95. The lowest BCUT2D eigenvalue weighted by atomic mass is 9.90. The van der Waals surface area contributed by atoms with Crippen LogP contribution in [0, 0.1) is 0 Å². The minimum absolute atomic E-state index is 0.0330. The number of alkyl halides is 2. The summed E-state index contributed by atoms with van der Waals surface area (Å²) in [6.07, 6.45) is 1.61. The molecule has 1 aliphatic heterocycles. The molecule has 1 aliphatic rings. The molecule has 1 aromatic heterocycles. The second-order valence-corrected chi connectivity index (χ2v) is 8.24. The third-order valence-corrected chi connectivity index (χ3v) is 6.74. The van der Waals surface area contributed by atoms with E-state index < -0.39 is 28.0 Å². The highest BCUT2D eigenvalue weighted by Crippen LogP contribution is 2.49. The topological polar surface area (TPSA) is 66.1 Å². The van der Waals surface area contributed by atoms with E-state index in [0.717, 1.165) is 4.31 Å². The summed E-state index contributed by atoms with van der Waals surface area (Å²) in [5.74, 6) is -3.36. The molecule has 0 radical (unpaired) electrons. The SMILES string of the molecule is CCC1c2cn[nH]c2C(F)(F)C(CC)N1S(=O)(=O)c1ccc(Cl)cc1. The molecule has 0 amide bonds. The Hall–Kier alpha value is -1.51. The Balaban J connectivity index is 2.20. The van der Waals surface area contributed by atoms with Gasteiger partial charge in [-0.1, -0.05) is 25.4 Å². The maximum Gasteiger partial charge on any atom is 0.305 e. The van der Waals surface area contributed by atoms with Crippen molar-refractivity contribution in [3.63, 3.8) is 0 Å².